The van der Waals surface area contributed by atoms with E-state index in [4.69, 9.17) is 5.73 Å². The molecule has 1 amide bonds. The summed E-state index contributed by atoms with van der Waals surface area (Å²) in [5, 5.41) is 0. The number of amides is 1. The Kier molecular flexibility index (Phi) is 4.20. The minimum absolute atomic E-state index is 0.137. The summed E-state index contributed by atoms with van der Waals surface area (Å²) in [4.78, 5) is 14.0. The predicted molar refractivity (Wildman–Crippen MR) is 73.4 cm³/mol. The average Bonchev–Trinajstić information content (AvgIpc) is 2.85. The lowest BCUT2D eigenvalue weighted by Crippen LogP contribution is -2.41. The summed E-state index contributed by atoms with van der Waals surface area (Å²) in [5.41, 5.74) is 6.70. The molecule has 3 nitrogen and oxygen atoms in total. The maximum Gasteiger partial charge on any atom is 0.256 e. The Labute approximate surface area is 113 Å². The molecule has 1 aromatic rings. The molecule has 2 N–H and O–H groups in total. The summed E-state index contributed by atoms with van der Waals surface area (Å²) in [6, 6.07) is 4.86. The summed E-state index contributed by atoms with van der Waals surface area (Å²) in [7, 11) is 1.75. The summed E-state index contributed by atoms with van der Waals surface area (Å²) >= 11 is 0. The van der Waals surface area contributed by atoms with Gasteiger partial charge in [0.25, 0.3) is 5.91 Å². The van der Waals surface area contributed by atoms with E-state index in [1.807, 2.05) is 6.92 Å². The van der Waals surface area contributed by atoms with Crippen LogP contribution in [0.1, 0.15) is 35.2 Å². The van der Waals surface area contributed by atoms with Crippen LogP contribution in [0.2, 0.25) is 0 Å². The Morgan fingerprint density at radius 1 is 1.47 bits per heavy atom. The SMILES string of the molecule is Cc1ccc(C(=O)N(C)C2CCCC2CN)c(F)c1. The second-order valence-corrected chi connectivity index (χ2v) is 5.39. The lowest BCUT2D eigenvalue weighted by molar-refractivity contribution is 0.0695. The maximum atomic E-state index is 13.9. The molecular formula is C15H21FN2O. The van der Waals surface area contributed by atoms with Gasteiger partial charge in [-0.3, -0.25) is 4.79 Å². The molecule has 1 aromatic carbocycles. The summed E-state index contributed by atoms with van der Waals surface area (Å²) < 4.78 is 13.9. The van der Waals surface area contributed by atoms with E-state index in [0.717, 1.165) is 24.8 Å². The van der Waals surface area contributed by atoms with Crippen LogP contribution in [-0.4, -0.2) is 30.4 Å². The molecule has 104 valence electrons. The van der Waals surface area contributed by atoms with Gasteiger partial charge in [0.1, 0.15) is 5.82 Å². The monoisotopic (exact) mass is 264 g/mol. The van der Waals surface area contributed by atoms with Crippen LogP contribution in [0.5, 0.6) is 0 Å². The van der Waals surface area contributed by atoms with E-state index in [-0.39, 0.29) is 17.5 Å². The highest BCUT2D eigenvalue weighted by atomic mass is 19.1. The Balaban J connectivity index is 2.19. The number of hydrogen-bond acceptors (Lipinski definition) is 2. The molecule has 0 radical (unpaired) electrons. The van der Waals surface area contributed by atoms with Gasteiger partial charge in [-0.05, 0) is 49.9 Å². The molecule has 1 aliphatic rings. The third-order valence-electron chi connectivity index (χ3n) is 4.09. The molecule has 1 saturated carbocycles. The molecule has 0 aromatic heterocycles. The fraction of sp³-hybridized carbons (Fsp3) is 0.533. The second kappa shape index (κ2) is 5.70. The number of rotatable bonds is 3. The van der Waals surface area contributed by atoms with E-state index in [9.17, 15) is 9.18 Å². The number of benzene rings is 1. The zero-order chi connectivity index (χ0) is 14.0. The molecule has 0 saturated heterocycles. The van der Waals surface area contributed by atoms with E-state index in [1.54, 1.807) is 24.1 Å². The minimum Gasteiger partial charge on any atom is -0.338 e. The van der Waals surface area contributed by atoms with Crippen molar-refractivity contribution in [2.75, 3.05) is 13.6 Å². The van der Waals surface area contributed by atoms with E-state index < -0.39 is 5.82 Å². The molecule has 19 heavy (non-hydrogen) atoms. The van der Waals surface area contributed by atoms with Gasteiger partial charge >= 0.3 is 0 Å². The molecule has 1 fully saturated rings. The van der Waals surface area contributed by atoms with Crippen LogP contribution in [-0.2, 0) is 0 Å². The highest BCUT2D eigenvalue weighted by Gasteiger charge is 2.32. The number of aryl methyl sites for hydroxylation is 1. The van der Waals surface area contributed by atoms with Gasteiger partial charge in [0.05, 0.1) is 5.56 Å². The summed E-state index contributed by atoms with van der Waals surface area (Å²) in [5.74, 6) is -0.357. The first kappa shape index (κ1) is 14.0. The number of carbonyl (C=O) groups is 1. The number of carbonyl (C=O) groups excluding carboxylic acids is 1. The van der Waals surface area contributed by atoms with Crippen molar-refractivity contribution in [2.45, 2.75) is 32.2 Å². The number of halogens is 1. The highest BCUT2D eigenvalue weighted by Crippen LogP contribution is 2.29. The number of hydrogen-bond donors (Lipinski definition) is 1. The molecule has 4 heteroatoms. The molecule has 0 bridgehead atoms. The van der Waals surface area contributed by atoms with E-state index in [1.165, 1.54) is 6.07 Å². The largest absolute Gasteiger partial charge is 0.338 e. The summed E-state index contributed by atoms with van der Waals surface area (Å²) in [6.45, 7) is 2.39. The van der Waals surface area contributed by atoms with Crippen LogP contribution in [0.25, 0.3) is 0 Å². The molecule has 1 aliphatic carbocycles. The number of nitrogens with two attached hydrogens (primary N) is 1. The van der Waals surface area contributed by atoms with Crippen molar-refractivity contribution < 1.29 is 9.18 Å². The van der Waals surface area contributed by atoms with Crippen LogP contribution < -0.4 is 5.73 Å². The smallest absolute Gasteiger partial charge is 0.256 e. The quantitative estimate of drug-likeness (QED) is 0.910. The van der Waals surface area contributed by atoms with Gasteiger partial charge in [-0.1, -0.05) is 12.5 Å². The van der Waals surface area contributed by atoms with Crippen molar-refractivity contribution in [1.29, 1.82) is 0 Å². The third kappa shape index (κ3) is 2.78. The Morgan fingerprint density at radius 2 is 2.21 bits per heavy atom. The topological polar surface area (TPSA) is 46.3 Å². The summed E-state index contributed by atoms with van der Waals surface area (Å²) in [6.07, 6.45) is 3.09. The fourth-order valence-electron chi connectivity index (χ4n) is 2.94. The van der Waals surface area contributed by atoms with Gasteiger partial charge in [0, 0.05) is 13.1 Å². The molecule has 2 atom stereocenters. The van der Waals surface area contributed by atoms with E-state index in [2.05, 4.69) is 0 Å². The van der Waals surface area contributed by atoms with Crippen LogP contribution in [0, 0.1) is 18.7 Å². The van der Waals surface area contributed by atoms with E-state index in [0.29, 0.717) is 12.5 Å². The maximum absolute atomic E-state index is 13.9. The zero-order valence-electron chi connectivity index (χ0n) is 11.5. The molecule has 2 rings (SSSR count). The molecule has 0 heterocycles. The first-order valence-corrected chi connectivity index (χ1v) is 6.78. The van der Waals surface area contributed by atoms with Crippen molar-refractivity contribution in [2.24, 2.45) is 11.7 Å². The first-order valence-electron chi connectivity index (χ1n) is 6.78. The van der Waals surface area contributed by atoms with Gasteiger partial charge in [-0.15, -0.1) is 0 Å². The van der Waals surface area contributed by atoms with Crippen molar-refractivity contribution in [1.82, 2.24) is 4.90 Å². The van der Waals surface area contributed by atoms with Crippen molar-refractivity contribution in [3.63, 3.8) is 0 Å². The Morgan fingerprint density at radius 3 is 2.84 bits per heavy atom. The number of nitrogens with zero attached hydrogens (tertiary/aromatic N) is 1. The highest BCUT2D eigenvalue weighted by molar-refractivity contribution is 5.94. The predicted octanol–water partition coefficient (Wildman–Crippen LogP) is 2.33. The van der Waals surface area contributed by atoms with Crippen LogP contribution in [0.3, 0.4) is 0 Å². The van der Waals surface area contributed by atoms with Crippen LogP contribution >= 0.6 is 0 Å². The second-order valence-electron chi connectivity index (χ2n) is 5.39. The fourth-order valence-corrected chi connectivity index (χ4v) is 2.94. The standard InChI is InChI=1S/C15H21FN2O/c1-10-6-7-12(13(16)8-10)15(19)18(2)14-5-3-4-11(14)9-17/h6-8,11,14H,3-5,9,17H2,1-2H3. The molecule has 2 unspecified atom stereocenters. The van der Waals surface area contributed by atoms with E-state index >= 15 is 0 Å². The van der Waals surface area contributed by atoms with Gasteiger partial charge in [0.15, 0.2) is 0 Å². The normalized spacial score (nSPS) is 22.5. The molecule has 0 aliphatic heterocycles. The van der Waals surface area contributed by atoms with Crippen molar-refractivity contribution in [3.05, 3.63) is 35.1 Å². The third-order valence-corrected chi connectivity index (χ3v) is 4.09. The molecular weight excluding hydrogens is 243 g/mol. The van der Waals surface area contributed by atoms with Gasteiger partial charge in [-0.2, -0.15) is 0 Å². The Hall–Kier alpha value is -1.42. The first-order chi connectivity index (χ1) is 9.04. The van der Waals surface area contributed by atoms with Crippen molar-refractivity contribution >= 4 is 5.91 Å². The van der Waals surface area contributed by atoms with Gasteiger partial charge in [-0.25, -0.2) is 4.39 Å². The van der Waals surface area contributed by atoms with Gasteiger partial charge < -0.3 is 10.6 Å². The lowest BCUT2D eigenvalue weighted by atomic mass is 10.0. The lowest BCUT2D eigenvalue weighted by Gasteiger charge is -2.29. The Bertz CT molecular complexity index is 475. The van der Waals surface area contributed by atoms with Crippen molar-refractivity contribution in [3.8, 4) is 0 Å². The van der Waals surface area contributed by atoms with Crippen LogP contribution in [0.4, 0.5) is 4.39 Å². The van der Waals surface area contributed by atoms with Crippen LogP contribution in [0.15, 0.2) is 18.2 Å². The minimum atomic E-state index is -0.445. The van der Waals surface area contributed by atoms with Gasteiger partial charge in [0.2, 0.25) is 0 Å². The molecule has 0 spiro atoms. The average molecular weight is 264 g/mol. The zero-order valence-corrected chi connectivity index (χ0v) is 11.5.